The van der Waals surface area contributed by atoms with Crippen molar-refractivity contribution in [2.75, 3.05) is 58.6 Å². The second kappa shape index (κ2) is 8.75. The maximum atomic E-state index is 11.7. The summed E-state index contributed by atoms with van der Waals surface area (Å²) in [6.45, 7) is 3.86. The lowest BCUT2D eigenvalue weighted by atomic mass is 10.1. The normalized spacial score (nSPS) is 19.7. The Morgan fingerprint density at radius 3 is 2.54 bits per heavy atom. The van der Waals surface area contributed by atoms with E-state index in [4.69, 9.17) is 19.9 Å². The minimum Gasteiger partial charge on any atom is -0.487 e. The van der Waals surface area contributed by atoms with Crippen molar-refractivity contribution < 1.29 is 19.0 Å². The van der Waals surface area contributed by atoms with Crippen molar-refractivity contribution in [2.45, 2.75) is 18.9 Å². The Hall–Kier alpha value is -1.99. The highest BCUT2D eigenvalue weighted by Crippen LogP contribution is 2.33. The van der Waals surface area contributed by atoms with Gasteiger partial charge in [0.15, 0.2) is 0 Å². The summed E-state index contributed by atoms with van der Waals surface area (Å²) in [6, 6.07) is 3.30. The van der Waals surface area contributed by atoms with Gasteiger partial charge in [-0.1, -0.05) is 0 Å². The van der Waals surface area contributed by atoms with Crippen LogP contribution in [0.2, 0.25) is 0 Å². The molecule has 7 heteroatoms. The molecule has 1 aromatic rings. The van der Waals surface area contributed by atoms with E-state index in [-0.39, 0.29) is 6.10 Å². The Kier molecular flexibility index (Phi) is 6.69. The predicted octanol–water partition coefficient (Wildman–Crippen LogP) is 1.59. The number of rotatable bonds is 4. The molecule has 0 aliphatic carbocycles. The van der Waals surface area contributed by atoms with Gasteiger partial charge in [0.2, 0.25) is 0 Å². The maximum Gasteiger partial charge on any atom is 0.338 e. The first-order valence-electron chi connectivity index (χ1n) is 8.17. The molecule has 3 N–H and O–H groups in total. The number of nitrogen functional groups attached to an aromatic ring is 1. The molecule has 0 bridgehead atoms. The number of likely N-dealkylation sites (N-methyl/N-ethyl adjacent to an activating group) is 1. The van der Waals surface area contributed by atoms with E-state index >= 15 is 0 Å². The van der Waals surface area contributed by atoms with Crippen molar-refractivity contribution in [1.82, 2.24) is 4.90 Å². The van der Waals surface area contributed by atoms with Crippen molar-refractivity contribution in [1.29, 1.82) is 0 Å². The van der Waals surface area contributed by atoms with Crippen LogP contribution in [0.25, 0.3) is 0 Å². The topological polar surface area (TPSA) is 86.1 Å². The molecule has 24 heavy (non-hydrogen) atoms. The first-order valence-corrected chi connectivity index (χ1v) is 8.17. The van der Waals surface area contributed by atoms with E-state index in [0.29, 0.717) is 22.7 Å². The summed E-state index contributed by atoms with van der Waals surface area (Å²) in [6.07, 6.45) is 2.33. The van der Waals surface area contributed by atoms with Crippen molar-refractivity contribution in [3.05, 3.63) is 17.7 Å². The van der Waals surface area contributed by atoms with E-state index in [9.17, 15) is 4.79 Å². The smallest absolute Gasteiger partial charge is 0.338 e. The van der Waals surface area contributed by atoms with Crippen LogP contribution in [0, 0.1) is 0 Å². The molecule has 0 saturated carbocycles. The number of benzene rings is 1. The number of esters is 1. The van der Waals surface area contributed by atoms with Gasteiger partial charge >= 0.3 is 5.97 Å². The van der Waals surface area contributed by atoms with Crippen LogP contribution >= 0.6 is 0 Å². The van der Waals surface area contributed by atoms with Crippen molar-refractivity contribution in [3.8, 4) is 5.75 Å². The zero-order valence-corrected chi connectivity index (χ0v) is 14.6. The molecule has 2 heterocycles. The lowest BCUT2D eigenvalue weighted by molar-refractivity contribution is 0.0367. The molecule has 0 aromatic heterocycles. The van der Waals surface area contributed by atoms with Gasteiger partial charge in [-0.05, 0) is 32.0 Å². The number of nitrogens with two attached hydrogens (primary N) is 1. The van der Waals surface area contributed by atoms with Crippen molar-refractivity contribution >= 4 is 17.3 Å². The summed E-state index contributed by atoms with van der Waals surface area (Å²) in [5, 5.41) is 2.97. The zero-order valence-electron chi connectivity index (χ0n) is 14.6. The molecular formula is C17H27N3O4. The molecule has 1 unspecified atom stereocenters. The molecule has 0 radical (unpaired) electrons. The molecule has 1 atom stereocenters. The molecule has 7 nitrogen and oxygen atoms in total. The number of carbonyl (C=O) groups is 1. The van der Waals surface area contributed by atoms with Gasteiger partial charge < -0.3 is 30.2 Å². The molecule has 0 amide bonds. The van der Waals surface area contributed by atoms with Gasteiger partial charge in [0.1, 0.15) is 11.9 Å². The van der Waals surface area contributed by atoms with E-state index in [1.54, 1.807) is 19.2 Å². The second-order valence-electron chi connectivity index (χ2n) is 5.93. The van der Waals surface area contributed by atoms with Gasteiger partial charge in [-0.25, -0.2) is 4.79 Å². The Bertz CT molecular complexity index is 557. The van der Waals surface area contributed by atoms with E-state index in [0.717, 1.165) is 32.7 Å². The molecule has 2 fully saturated rings. The van der Waals surface area contributed by atoms with E-state index < -0.39 is 5.97 Å². The highest BCUT2D eigenvalue weighted by molar-refractivity contribution is 5.93. The third-order valence-electron chi connectivity index (χ3n) is 4.05. The number of anilines is 2. The molecule has 2 aliphatic heterocycles. The minimum atomic E-state index is -0.408. The standard InChI is InChI=1S/C14H21N3O3.C3H6O/c1-16-11-6-9(14(18)19-3)7-12(13(11)15)20-10-4-5-17(2)8-10;1-2-4-3-1/h6-7,10,16H,4-5,8,15H2,1-3H3;1-3H2. The fraction of sp³-hybridized carbons (Fsp3) is 0.588. The average Bonchev–Trinajstić information content (AvgIpc) is 2.92. The summed E-state index contributed by atoms with van der Waals surface area (Å²) in [4.78, 5) is 13.9. The summed E-state index contributed by atoms with van der Waals surface area (Å²) >= 11 is 0. The third kappa shape index (κ3) is 4.75. The average molecular weight is 337 g/mol. The Balaban J connectivity index is 0.000000454. The number of nitrogens with zero attached hydrogens (tertiary/aromatic N) is 1. The fourth-order valence-corrected chi connectivity index (χ4v) is 2.48. The minimum absolute atomic E-state index is 0.0971. The molecule has 1 aromatic carbocycles. The Morgan fingerprint density at radius 1 is 1.42 bits per heavy atom. The highest BCUT2D eigenvalue weighted by Gasteiger charge is 2.23. The number of ether oxygens (including phenoxy) is 3. The number of hydrogen-bond donors (Lipinski definition) is 2. The van der Waals surface area contributed by atoms with Crippen LogP contribution in [0.1, 0.15) is 23.2 Å². The predicted molar refractivity (Wildman–Crippen MR) is 93.7 cm³/mol. The Morgan fingerprint density at radius 2 is 2.08 bits per heavy atom. The van der Waals surface area contributed by atoms with Gasteiger partial charge in [0.05, 0.1) is 24.0 Å². The number of carbonyl (C=O) groups excluding carboxylic acids is 1. The molecule has 2 aliphatic rings. The quantitative estimate of drug-likeness (QED) is 0.637. The SMILES string of the molecule is C1COC1.CNc1cc(C(=O)OC)cc(OC2CCN(C)C2)c1N. The van der Waals surface area contributed by atoms with Crippen LogP contribution in [0.5, 0.6) is 5.75 Å². The van der Waals surface area contributed by atoms with Crippen LogP contribution in [-0.4, -0.2) is 64.5 Å². The largest absolute Gasteiger partial charge is 0.487 e. The monoisotopic (exact) mass is 337 g/mol. The van der Waals surface area contributed by atoms with Crippen molar-refractivity contribution in [2.24, 2.45) is 0 Å². The first kappa shape index (κ1) is 18.4. The summed E-state index contributed by atoms with van der Waals surface area (Å²) < 4.78 is 15.4. The van der Waals surface area contributed by atoms with E-state index in [2.05, 4.69) is 17.3 Å². The summed E-state index contributed by atoms with van der Waals surface area (Å²) in [7, 11) is 5.15. The zero-order chi connectivity index (χ0) is 17.5. The number of methoxy groups -OCH3 is 1. The first-order chi connectivity index (χ1) is 11.5. The van der Waals surface area contributed by atoms with Gasteiger partial charge in [-0.3, -0.25) is 0 Å². The van der Waals surface area contributed by atoms with Gasteiger partial charge in [0, 0.05) is 33.4 Å². The Labute approximate surface area is 143 Å². The molecule has 0 spiro atoms. The molecular weight excluding hydrogens is 310 g/mol. The van der Waals surface area contributed by atoms with Gasteiger partial charge in [-0.2, -0.15) is 0 Å². The molecule has 134 valence electrons. The summed E-state index contributed by atoms with van der Waals surface area (Å²) in [5.41, 5.74) is 7.66. The van der Waals surface area contributed by atoms with Gasteiger partial charge in [-0.15, -0.1) is 0 Å². The molecule has 2 saturated heterocycles. The number of hydrogen-bond acceptors (Lipinski definition) is 7. The maximum absolute atomic E-state index is 11.7. The number of nitrogens with one attached hydrogen (secondary N) is 1. The van der Waals surface area contributed by atoms with E-state index in [1.165, 1.54) is 13.5 Å². The molecule has 3 rings (SSSR count). The fourth-order valence-electron chi connectivity index (χ4n) is 2.48. The van der Waals surface area contributed by atoms with Crippen LogP contribution in [0.15, 0.2) is 12.1 Å². The van der Waals surface area contributed by atoms with E-state index in [1.807, 2.05) is 0 Å². The number of likely N-dealkylation sites (tertiary alicyclic amines) is 1. The summed E-state index contributed by atoms with van der Waals surface area (Å²) in [5.74, 6) is 0.118. The van der Waals surface area contributed by atoms with Crippen LogP contribution in [0.4, 0.5) is 11.4 Å². The third-order valence-corrected chi connectivity index (χ3v) is 4.05. The lowest BCUT2D eigenvalue weighted by Crippen LogP contribution is -2.22. The highest BCUT2D eigenvalue weighted by atomic mass is 16.5. The van der Waals surface area contributed by atoms with Crippen LogP contribution in [0.3, 0.4) is 0 Å². The second-order valence-corrected chi connectivity index (χ2v) is 5.93. The van der Waals surface area contributed by atoms with Gasteiger partial charge in [0.25, 0.3) is 0 Å². The lowest BCUT2D eigenvalue weighted by Gasteiger charge is -2.18. The van der Waals surface area contributed by atoms with Crippen molar-refractivity contribution in [3.63, 3.8) is 0 Å². The van der Waals surface area contributed by atoms with Crippen LogP contribution < -0.4 is 15.8 Å². The van der Waals surface area contributed by atoms with Crippen LogP contribution in [-0.2, 0) is 9.47 Å².